The van der Waals surface area contributed by atoms with Crippen molar-refractivity contribution in [3.8, 4) is 23.1 Å². The van der Waals surface area contributed by atoms with E-state index in [1.54, 1.807) is 0 Å². The van der Waals surface area contributed by atoms with Gasteiger partial charge in [-0.1, -0.05) is 60.2 Å². The van der Waals surface area contributed by atoms with Crippen LogP contribution >= 0.6 is 0 Å². The zero-order valence-electron chi connectivity index (χ0n) is 15.7. The molecule has 1 heterocycles. The van der Waals surface area contributed by atoms with Crippen molar-refractivity contribution in [1.29, 1.82) is 0 Å². The molecule has 3 aromatic rings. The third kappa shape index (κ3) is 4.50. The van der Waals surface area contributed by atoms with Crippen LogP contribution in [-0.2, 0) is 6.54 Å². The summed E-state index contributed by atoms with van der Waals surface area (Å²) in [6.45, 7) is 0.294. The first-order valence-corrected chi connectivity index (χ1v) is 9.69. The molecule has 1 aromatic heterocycles. The number of benzene rings is 2. The fourth-order valence-corrected chi connectivity index (χ4v) is 3.37. The summed E-state index contributed by atoms with van der Waals surface area (Å²) in [5.41, 5.74) is 3.30. The second-order valence-corrected chi connectivity index (χ2v) is 7.06. The first-order valence-electron chi connectivity index (χ1n) is 9.69. The Morgan fingerprint density at radius 3 is 2.57 bits per heavy atom. The van der Waals surface area contributed by atoms with E-state index in [0.717, 1.165) is 16.8 Å². The number of carbonyl (C=O) groups is 1. The molecule has 1 aliphatic rings. The lowest BCUT2D eigenvalue weighted by molar-refractivity contribution is 0.0947. The van der Waals surface area contributed by atoms with E-state index in [9.17, 15) is 4.79 Å². The average Bonchev–Trinajstić information content (AvgIpc) is 3.44. The van der Waals surface area contributed by atoms with Crippen LogP contribution in [0.2, 0.25) is 0 Å². The molecule has 1 aliphatic carbocycles. The Labute approximate surface area is 165 Å². The minimum Gasteiger partial charge on any atom is -0.359 e. The van der Waals surface area contributed by atoms with Gasteiger partial charge < -0.3 is 9.84 Å². The van der Waals surface area contributed by atoms with E-state index in [1.807, 2.05) is 60.7 Å². The van der Waals surface area contributed by atoms with Gasteiger partial charge in [-0.05, 0) is 37.1 Å². The summed E-state index contributed by atoms with van der Waals surface area (Å²) < 4.78 is 5.32. The van der Waals surface area contributed by atoms with Gasteiger partial charge in [0.05, 0.1) is 6.54 Å². The molecule has 140 valence electrons. The standard InChI is InChI=1S/C24H22N2O2/c27-24(21-14-12-19(13-15-21)11-10-18-6-4-5-7-18)25-17-22-16-23(26-28-22)20-8-2-1-3-9-20/h1-3,8-9,12-16,18H,4-7,17H2,(H,25,27). The topological polar surface area (TPSA) is 55.1 Å². The smallest absolute Gasteiger partial charge is 0.251 e. The van der Waals surface area contributed by atoms with E-state index >= 15 is 0 Å². The number of nitrogens with zero attached hydrogens (tertiary/aromatic N) is 1. The predicted molar refractivity (Wildman–Crippen MR) is 108 cm³/mol. The van der Waals surface area contributed by atoms with Gasteiger partial charge in [0.2, 0.25) is 0 Å². The SMILES string of the molecule is O=C(NCc1cc(-c2ccccc2)no1)c1ccc(C#CC2CCCC2)cc1. The fourth-order valence-electron chi connectivity index (χ4n) is 3.37. The molecular weight excluding hydrogens is 348 g/mol. The van der Waals surface area contributed by atoms with Gasteiger partial charge in [0.25, 0.3) is 5.91 Å². The number of hydrogen-bond acceptors (Lipinski definition) is 3. The maximum absolute atomic E-state index is 12.4. The summed E-state index contributed by atoms with van der Waals surface area (Å²) in [4.78, 5) is 12.4. The highest BCUT2D eigenvalue weighted by molar-refractivity contribution is 5.94. The molecule has 0 spiro atoms. The van der Waals surface area contributed by atoms with Gasteiger partial charge in [-0.25, -0.2) is 0 Å². The van der Waals surface area contributed by atoms with E-state index in [-0.39, 0.29) is 5.91 Å². The van der Waals surface area contributed by atoms with Crippen molar-refractivity contribution in [2.24, 2.45) is 5.92 Å². The van der Waals surface area contributed by atoms with Crippen molar-refractivity contribution in [2.75, 3.05) is 0 Å². The van der Waals surface area contributed by atoms with Gasteiger partial charge in [-0.2, -0.15) is 0 Å². The normalized spacial score (nSPS) is 13.7. The highest BCUT2D eigenvalue weighted by Crippen LogP contribution is 2.23. The van der Waals surface area contributed by atoms with Crippen molar-refractivity contribution >= 4 is 5.91 Å². The summed E-state index contributed by atoms with van der Waals surface area (Å²) in [6.07, 6.45) is 5.00. The number of nitrogens with one attached hydrogen (secondary N) is 1. The molecule has 0 radical (unpaired) electrons. The second-order valence-electron chi connectivity index (χ2n) is 7.06. The Morgan fingerprint density at radius 2 is 1.82 bits per heavy atom. The van der Waals surface area contributed by atoms with Crippen molar-refractivity contribution in [3.63, 3.8) is 0 Å². The number of hydrogen-bond donors (Lipinski definition) is 1. The molecule has 2 aromatic carbocycles. The van der Waals surface area contributed by atoms with Gasteiger partial charge >= 0.3 is 0 Å². The summed E-state index contributed by atoms with van der Waals surface area (Å²) in [5, 5.41) is 6.93. The first-order chi connectivity index (χ1) is 13.8. The molecule has 28 heavy (non-hydrogen) atoms. The van der Waals surface area contributed by atoms with E-state index < -0.39 is 0 Å². The predicted octanol–water partition coefficient (Wildman–Crippen LogP) is 4.81. The Balaban J connectivity index is 1.33. The third-order valence-electron chi connectivity index (χ3n) is 4.97. The number of carbonyl (C=O) groups excluding carboxylic acids is 1. The third-order valence-corrected chi connectivity index (χ3v) is 4.97. The van der Waals surface area contributed by atoms with Crippen molar-refractivity contribution < 1.29 is 9.32 Å². The van der Waals surface area contributed by atoms with Gasteiger partial charge in [-0.15, -0.1) is 0 Å². The lowest BCUT2D eigenvalue weighted by Gasteiger charge is -2.03. The van der Waals surface area contributed by atoms with Crippen molar-refractivity contribution in [1.82, 2.24) is 10.5 Å². The molecule has 0 saturated heterocycles. The molecule has 0 unspecified atom stereocenters. The lowest BCUT2D eigenvalue weighted by atomic mass is 10.1. The van der Waals surface area contributed by atoms with Crippen LogP contribution in [0.5, 0.6) is 0 Å². The highest BCUT2D eigenvalue weighted by Gasteiger charge is 2.12. The number of amides is 1. The molecular formula is C24H22N2O2. The minimum absolute atomic E-state index is 0.145. The van der Waals surface area contributed by atoms with E-state index in [1.165, 1.54) is 25.7 Å². The summed E-state index contributed by atoms with van der Waals surface area (Å²) in [7, 11) is 0. The molecule has 1 fully saturated rings. The maximum Gasteiger partial charge on any atom is 0.251 e. The van der Waals surface area contributed by atoms with Gasteiger partial charge in [-0.3, -0.25) is 4.79 Å². The van der Waals surface area contributed by atoms with Gasteiger partial charge in [0.15, 0.2) is 5.76 Å². The van der Waals surface area contributed by atoms with E-state index in [2.05, 4.69) is 22.3 Å². The monoisotopic (exact) mass is 370 g/mol. The number of rotatable bonds is 4. The quantitative estimate of drug-likeness (QED) is 0.670. The Kier molecular flexibility index (Phi) is 5.53. The molecule has 0 aliphatic heterocycles. The molecule has 4 nitrogen and oxygen atoms in total. The lowest BCUT2D eigenvalue weighted by Crippen LogP contribution is -2.22. The van der Waals surface area contributed by atoms with Crippen LogP contribution in [0, 0.1) is 17.8 Å². The molecule has 4 rings (SSSR count). The van der Waals surface area contributed by atoms with Gasteiger partial charge in [0, 0.05) is 28.7 Å². The first kappa shape index (κ1) is 18.1. The summed E-state index contributed by atoms with van der Waals surface area (Å²) in [5.74, 6) is 7.57. The average molecular weight is 370 g/mol. The second kappa shape index (κ2) is 8.58. The molecule has 1 saturated carbocycles. The van der Waals surface area contributed by atoms with Crippen LogP contribution in [0.4, 0.5) is 0 Å². The Hall–Kier alpha value is -3.32. The van der Waals surface area contributed by atoms with Gasteiger partial charge in [0.1, 0.15) is 5.69 Å². The molecule has 1 amide bonds. The Bertz CT molecular complexity index is 988. The van der Waals surface area contributed by atoms with Crippen LogP contribution in [0.1, 0.15) is 47.4 Å². The van der Waals surface area contributed by atoms with Crippen LogP contribution in [-0.4, -0.2) is 11.1 Å². The summed E-state index contributed by atoms with van der Waals surface area (Å²) >= 11 is 0. The molecule has 0 atom stereocenters. The zero-order chi connectivity index (χ0) is 19.2. The molecule has 0 bridgehead atoms. The summed E-state index contributed by atoms with van der Waals surface area (Å²) in [6, 6.07) is 19.1. The maximum atomic E-state index is 12.4. The van der Waals surface area contributed by atoms with Crippen LogP contribution in [0.15, 0.2) is 65.2 Å². The largest absolute Gasteiger partial charge is 0.359 e. The number of aromatic nitrogens is 1. The molecule has 1 N–H and O–H groups in total. The van der Waals surface area contributed by atoms with Crippen molar-refractivity contribution in [2.45, 2.75) is 32.2 Å². The highest BCUT2D eigenvalue weighted by atomic mass is 16.5. The Morgan fingerprint density at radius 1 is 1.07 bits per heavy atom. The van der Waals surface area contributed by atoms with Crippen LogP contribution in [0.25, 0.3) is 11.3 Å². The van der Waals surface area contributed by atoms with E-state index in [4.69, 9.17) is 4.52 Å². The minimum atomic E-state index is -0.145. The van der Waals surface area contributed by atoms with E-state index in [0.29, 0.717) is 23.8 Å². The van der Waals surface area contributed by atoms with Crippen LogP contribution < -0.4 is 5.32 Å². The molecule has 4 heteroatoms. The fraction of sp³-hybridized carbons (Fsp3) is 0.250. The zero-order valence-corrected chi connectivity index (χ0v) is 15.7. The van der Waals surface area contributed by atoms with Crippen LogP contribution in [0.3, 0.4) is 0 Å². The van der Waals surface area contributed by atoms with Crippen molar-refractivity contribution in [3.05, 3.63) is 77.6 Å².